The van der Waals surface area contributed by atoms with Crippen LogP contribution in [-0.4, -0.2) is 60.0 Å². The molecule has 3 N–H and O–H groups in total. The van der Waals surface area contributed by atoms with E-state index in [1.165, 1.54) is 4.88 Å². The molecule has 1 amide bonds. The van der Waals surface area contributed by atoms with Crippen LogP contribution in [0.5, 0.6) is 0 Å². The topological polar surface area (TPSA) is 87.4 Å². The zero-order chi connectivity index (χ0) is 17.1. The van der Waals surface area contributed by atoms with Crippen LogP contribution in [0.4, 0.5) is 11.8 Å². The summed E-state index contributed by atoms with van der Waals surface area (Å²) in [6.07, 6.45) is 0.990. The minimum atomic E-state index is 0.136. The number of nitrogens with two attached hydrogens (primary N) is 1. The normalized spacial score (nSPS) is 15.1. The monoisotopic (exact) mass is 348 g/mol. The number of nitrogens with zero attached hydrogens (tertiary/aromatic N) is 4. The van der Waals surface area contributed by atoms with Gasteiger partial charge in [-0.05, 0) is 12.5 Å². The molecule has 1 aliphatic rings. The minimum absolute atomic E-state index is 0.136. The highest BCUT2D eigenvalue weighted by Gasteiger charge is 2.23. The molecule has 0 aliphatic carbocycles. The zero-order valence-corrected chi connectivity index (χ0v) is 15.0. The molecule has 2 aromatic rings. The predicted octanol–water partition coefficient (Wildman–Crippen LogP) is 1.29. The highest BCUT2D eigenvalue weighted by atomic mass is 32.1. The summed E-state index contributed by atoms with van der Waals surface area (Å²) < 4.78 is 0. The Morgan fingerprint density at radius 2 is 2.08 bits per heavy atom. The zero-order valence-electron chi connectivity index (χ0n) is 14.2. The van der Waals surface area contributed by atoms with Crippen molar-refractivity contribution in [3.8, 4) is 0 Å². The number of hydrogen-bond donors (Lipinski definition) is 2. The van der Waals surface area contributed by atoms with E-state index < -0.39 is 0 Å². The lowest BCUT2D eigenvalue weighted by Crippen LogP contribution is -2.48. The maximum Gasteiger partial charge on any atom is 0.226 e. The average molecular weight is 348 g/mol. The molecule has 24 heavy (non-hydrogen) atoms. The molecule has 0 aromatic carbocycles. The Morgan fingerprint density at radius 3 is 2.71 bits per heavy atom. The highest BCUT2D eigenvalue weighted by Crippen LogP contribution is 2.32. The maximum absolute atomic E-state index is 11.5. The average Bonchev–Trinajstić information content (AvgIpc) is 3.02. The van der Waals surface area contributed by atoms with Gasteiger partial charge >= 0.3 is 0 Å². The predicted molar refractivity (Wildman–Crippen MR) is 98.8 cm³/mol. The van der Waals surface area contributed by atoms with Crippen molar-refractivity contribution in [2.24, 2.45) is 5.73 Å². The summed E-state index contributed by atoms with van der Waals surface area (Å²) in [5.74, 6) is 1.72. The maximum atomic E-state index is 11.5. The SMILES string of the molecule is CCc1cc2c(N3CCN(C(C)=O)CC3)nc(NCCN)nc2s1. The third kappa shape index (κ3) is 3.44. The number of thiophene rings is 1. The van der Waals surface area contributed by atoms with E-state index in [9.17, 15) is 4.79 Å². The molecule has 0 atom stereocenters. The molecule has 130 valence electrons. The van der Waals surface area contributed by atoms with Crippen molar-refractivity contribution in [1.29, 1.82) is 0 Å². The van der Waals surface area contributed by atoms with Crippen LogP contribution in [0.3, 0.4) is 0 Å². The van der Waals surface area contributed by atoms with Crippen LogP contribution in [0.2, 0.25) is 0 Å². The molecule has 0 unspecified atom stereocenters. The molecule has 3 rings (SSSR count). The van der Waals surface area contributed by atoms with Crippen molar-refractivity contribution < 1.29 is 4.79 Å². The van der Waals surface area contributed by atoms with Gasteiger partial charge in [0.2, 0.25) is 11.9 Å². The van der Waals surface area contributed by atoms with Crippen LogP contribution in [0.1, 0.15) is 18.7 Å². The summed E-state index contributed by atoms with van der Waals surface area (Å²) in [5.41, 5.74) is 5.58. The smallest absolute Gasteiger partial charge is 0.226 e. The molecule has 3 heterocycles. The van der Waals surface area contributed by atoms with E-state index in [1.807, 2.05) is 4.90 Å². The van der Waals surface area contributed by atoms with Crippen molar-refractivity contribution in [3.05, 3.63) is 10.9 Å². The number of piperazine rings is 1. The molecule has 2 aromatic heterocycles. The van der Waals surface area contributed by atoms with E-state index in [-0.39, 0.29) is 5.91 Å². The second-order valence-corrected chi connectivity index (χ2v) is 6.98. The number of anilines is 2. The Balaban J connectivity index is 1.92. The fourth-order valence-corrected chi connectivity index (χ4v) is 3.83. The lowest BCUT2D eigenvalue weighted by Gasteiger charge is -2.35. The summed E-state index contributed by atoms with van der Waals surface area (Å²) in [7, 11) is 0. The fourth-order valence-electron chi connectivity index (χ4n) is 2.87. The molecule has 1 fully saturated rings. The number of fused-ring (bicyclic) bond motifs is 1. The molecule has 0 bridgehead atoms. The standard InChI is InChI=1S/C16H24N6OS/c1-3-12-10-13-14(22-8-6-21(7-9-22)11(2)23)19-16(18-5-4-17)20-15(13)24-12/h10H,3-9,17H2,1-2H3,(H,18,19,20). The number of hydrogen-bond acceptors (Lipinski definition) is 7. The molecule has 0 radical (unpaired) electrons. The van der Waals surface area contributed by atoms with Crippen LogP contribution >= 0.6 is 11.3 Å². The van der Waals surface area contributed by atoms with Gasteiger partial charge in [0.15, 0.2) is 0 Å². The fraction of sp³-hybridized carbons (Fsp3) is 0.562. The first-order valence-electron chi connectivity index (χ1n) is 8.37. The summed E-state index contributed by atoms with van der Waals surface area (Å²) in [6.45, 7) is 8.01. The molecule has 8 heteroatoms. The van der Waals surface area contributed by atoms with Gasteiger partial charge in [0.25, 0.3) is 0 Å². The molecule has 0 saturated carbocycles. The van der Waals surface area contributed by atoms with Crippen LogP contribution in [0.15, 0.2) is 6.07 Å². The Kier molecular flexibility index (Phi) is 5.15. The Morgan fingerprint density at radius 1 is 1.33 bits per heavy atom. The molecule has 1 saturated heterocycles. The first kappa shape index (κ1) is 16.9. The second kappa shape index (κ2) is 7.31. The van der Waals surface area contributed by atoms with E-state index >= 15 is 0 Å². The van der Waals surface area contributed by atoms with Gasteiger partial charge in [-0.3, -0.25) is 4.79 Å². The minimum Gasteiger partial charge on any atom is -0.353 e. The van der Waals surface area contributed by atoms with Gasteiger partial charge in [0, 0.05) is 51.1 Å². The number of aryl methyl sites for hydroxylation is 1. The van der Waals surface area contributed by atoms with Gasteiger partial charge in [-0.15, -0.1) is 11.3 Å². The number of nitrogens with one attached hydrogen (secondary N) is 1. The van der Waals surface area contributed by atoms with Gasteiger partial charge in [-0.2, -0.15) is 4.98 Å². The van der Waals surface area contributed by atoms with Crippen LogP contribution in [0, 0.1) is 0 Å². The summed E-state index contributed by atoms with van der Waals surface area (Å²) >= 11 is 1.71. The Hall–Kier alpha value is -1.93. The van der Waals surface area contributed by atoms with Gasteiger partial charge in [0.1, 0.15) is 10.6 Å². The first-order chi connectivity index (χ1) is 11.6. The number of aromatic nitrogens is 2. The van der Waals surface area contributed by atoms with Crippen molar-refractivity contribution in [2.45, 2.75) is 20.3 Å². The third-order valence-electron chi connectivity index (χ3n) is 4.22. The van der Waals surface area contributed by atoms with Gasteiger partial charge in [0.05, 0.1) is 5.39 Å². The van der Waals surface area contributed by atoms with Crippen LogP contribution < -0.4 is 16.0 Å². The molecular formula is C16H24N6OS. The molecule has 7 nitrogen and oxygen atoms in total. The second-order valence-electron chi connectivity index (χ2n) is 5.86. The van der Waals surface area contributed by atoms with E-state index in [4.69, 9.17) is 10.7 Å². The Labute approximate surface area is 145 Å². The quantitative estimate of drug-likeness (QED) is 0.847. The van der Waals surface area contributed by atoms with Crippen molar-refractivity contribution in [2.75, 3.05) is 49.5 Å². The van der Waals surface area contributed by atoms with E-state index in [0.717, 1.165) is 48.6 Å². The van der Waals surface area contributed by atoms with E-state index in [0.29, 0.717) is 19.0 Å². The van der Waals surface area contributed by atoms with Crippen LogP contribution in [-0.2, 0) is 11.2 Å². The Bertz CT molecular complexity index is 723. The third-order valence-corrected chi connectivity index (χ3v) is 5.40. The lowest BCUT2D eigenvalue weighted by molar-refractivity contribution is -0.129. The van der Waals surface area contributed by atoms with Gasteiger partial charge in [-0.25, -0.2) is 4.98 Å². The summed E-state index contributed by atoms with van der Waals surface area (Å²) in [6, 6.07) is 2.19. The van der Waals surface area contributed by atoms with Crippen molar-refractivity contribution in [3.63, 3.8) is 0 Å². The summed E-state index contributed by atoms with van der Waals surface area (Å²) in [4.78, 5) is 27.3. The molecule has 0 spiro atoms. The van der Waals surface area contributed by atoms with Gasteiger partial charge < -0.3 is 20.9 Å². The number of amides is 1. The van der Waals surface area contributed by atoms with Crippen molar-refractivity contribution in [1.82, 2.24) is 14.9 Å². The highest BCUT2D eigenvalue weighted by molar-refractivity contribution is 7.18. The van der Waals surface area contributed by atoms with Gasteiger partial charge in [-0.1, -0.05) is 6.92 Å². The number of rotatable bonds is 5. The summed E-state index contributed by atoms with van der Waals surface area (Å²) in [5, 5.41) is 4.29. The first-order valence-corrected chi connectivity index (χ1v) is 9.19. The van der Waals surface area contributed by atoms with Crippen LogP contribution in [0.25, 0.3) is 10.2 Å². The number of carbonyl (C=O) groups excluding carboxylic acids is 1. The van der Waals surface area contributed by atoms with E-state index in [1.54, 1.807) is 18.3 Å². The molecule has 1 aliphatic heterocycles. The van der Waals surface area contributed by atoms with Crippen molar-refractivity contribution >= 4 is 39.2 Å². The van der Waals surface area contributed by atoms with E-state index in [2.05, 4.69) is 28.2 Å². The lowest BCUT2D eigenvalue weighted by atomic mass is 10.2. The largest absolute Gasteiger partial charge is 0.353 e. The number of carbonyl (C=O) groups is 1. The molecular weight excluding hydrogens is 324 g/mol.